The summed E-state index contributed by atoms with van der Waals surface area (Å²) in [6, 6.07) is 15.9. The molecule has 0 atom stereocenters. The average molecular weight is 393 g/mol. The lowest BCUT2D eigenvalue weighted by Crippen LogP contribution is -2.09. The van der Waals surface area contributed by atoms with E-state index in [1.807, 2.05) is 24.3 Å². The van der Waals surface area contributed by atoms with Crippen molar-refractivity contribution in [1.29, 1.82) is 0 Å². The first-order valence-corrected chi connectivity index (χ1v) is 11.6. The van der Waals surface area contributed by atoms with Crippen LogP contribution in [0.1, 0.15) is 92.6 Å². The van der Waals surface area contributed by atoms with Gasteiger partial charge in [0.25, 0.3) is 0 Å². The van der Waals surface area contributed by atoms with E-state index >= 15 is 0 Å². The van der Waals surface area contributed by atoms with Crippen molar-refractivity contribution in [2.24, 2.45) is 5.92 Å². The van der Waals surface area contributed by atoms with Crippen molar-refractivity contribution in [3.05, 3.63) is 65.2 Å². The van der Waals surface area contributed by atoms with E-state index < -0.39 is 0 Å². The van der Waals surface area contributed by atoms with Crippen LogP contribution in [0.4, 0.5) is 0 Å². The van der Waals surface area contributed by atoms with E-state index in [0.29, 0.717) is 11.3 Å². The minimum Gasteiger partial charge on any atom is -0.423 e. The van der Waals surface area contributed by atoms with Crippen molar-refractivity contribution in [2.45, 2.75) is 84.0 Å². The average Bonchev–Trinajstić information content (AvgIpc) is 2.77. The Hall–Kier alpha value is -2.09. The minimum absolute atomic E-state index is 0.280. The molecular formula is C27H36O2. The first kappa shape index (κ1) is 21.6. The van der Waals surface area contributed by atoms with Gasteiger partial charge in [-0.25, -0.2) is 4.79 Å². The summed E-state index contributed by atoms with van der Waals surface area (Å²) in [4.78, 5) is 12.4. The molecular weight excluding hydrogens is 356 g/mol. The van der Waals surface area contributed by atoms with Gasteiger partial charge in [-0.2, -0.15) is 0 Å². The third kappa shape index (κ3) is 7.34. The predicted molar refractivity (Wildman–Crippen MR) is 121 cm³/mol. The van der Waals surface area contributed by atoms with Gasteiger partial charge in [0.05, 0.1) is 5.56 Å². The Balaban J connectivity index is 1.44. The van der Waals surface area contributed by atoms with Crippen molar-refractivity contribution in [3.8, 4) is 5.75 Å². The molecule has 0 aliphatic heterocycles. The Morgan fingerprint density at radius 2 is 1.48 bits per heavy atom. The predicted octanol–water partition coefficient (Wildman–Crippen LogP) is 7.54. The van der Waals surface area contributed by atoms with Crippen molar-refractivity contribution in [1.82, 2.24) is 0 Å². The highest BCUT2D eigenvalue weighted by molar-refractivity contribution is 5.91. The molecule has 1 fully saturated rings. The normalized spacial score (nSPS) is 14.7. The van der Waals surface area contributed by atoms with Gasteiger partial charge in [-0.1, -0.05) is 82.6 Å². The van der Waals surface area contributed by atoms with E-state index in [9.17, 15) is 4.79 Å². The Morgan fingerprint density at radius 3 is 2.17 bits per heavy atom. The maximum atomic E-state index is 12.4. The summed E-state index contributed by atoms with van der Waals surface area (Å²) in [5, 5.41) is 0. The Labute approximate surface area is 176 Å². The molecule has 2 aromatic carbocycles. The van der Waals surface area contributed by atoms with Gasteiger partial charge in [0, 0.05) is 0 Å². The fraction of sp³-hybridized carbons (Fsp3) is 0.519. The number of hydrogen-bond acceptors (Lipinski definition) is 2. The van der Waals surface area contributed by atoms with Gasteiger partial charge in [0.1, 0.15) is 5.75 Å². The summed E-state index contributed by atoms with van der Waals surface area (Å²) in [6.07, 6.45) is 15.5. The van der Waals surface area contributed by atoms with Gasteiger partial charge in [-0.15, -0.1) is 0 Å². The SMILES string of the molecule is CCCCCCc1ccc(C(=O)Oc2ccc(CCC3CCCCC3)cc2)cc1. The molecule has 2 heteroatoms. The Bertz CT molecular complexity index is 724. The zero-order chi connectivity index (χ0) is 20.3. The largest absolute Gasteiger partial charge is 0.423 e. The number of hydrogen-bond donors (Lipinski definition) is 0. The molecule has 29 heavy (non-hydrogen) atoms. The van der Waals surface area contributed by atoms with Crippen LogP contribution in [0.3, 0.4) is 0 Å². The lowest BCUT2D eigenvalue weighted by atomic mass is 9.85. The summed E-state index contributed by atoms with van der Waals surface area (Å²) < 4.78 is 5.56. The quantitative estimate of drug-likeness (QED) is 0.237. The topological polar surface area (TPSA) is 26.3 Å². The number of unbranched alkanes of at least 4 members (excludes halogenated alkanes) is 3. The van der Waals surface area contributed by atoms with Gasteiger partial charge in [-0.3, -0.25) is 0 Å². The van der Waals surface area contributed by atoms with E-state index in [1.165, 1.54) is 75.3 Å². The molecule has 156 valence electrons. The molecule has 0 N–H and O–H groups in total. The first-order valence-electron chi connectivity index (χ1n) is 11.6. The lowest BCUT2D eigenvalue weighted by molar-refractivity contribution is 0.0734. The highest BCUT2D eigenvalue weighted by Gasteiger charge is 2.13. The van der Waals surface area contributed by atoms with Crippen LogP contribution in [0, 0.1) is 5.92 Å². The summed E-state index contributed by atoms with van der Waals surface area (Å²) in [7, 11) is 0. The number of carbonyl (C=O) groups excluding carboxylic acids is 1. The van der Waals surface area contributed by atoms with Gasteiger partial charge in [-0.05, 0) is 67.0 Å². The van der Waals surface area contributed by atoms with Gasteiger partial charge >= 0.3 is 5.97 Å². The molecule has 0 radical (unpaired) electrons. The highest BCUT2D eigenvalue weighted by atomic mass is 16.5. The van der Waals surface area contributed by atoms with Crippen LogP contribution in [-0.2, 0) is 12.8 Å². The molecule has 0 bridgehead atoms. The van der Waals surface area contributed by atoms with Crippen LogP contribution >= 0.6 is 0 Å². The fourth-order valence-electron chi connectivity index (χ4n) is 4.30. The van der Waals surface area contributed by atoms with Crippen LogP contribution in [0.15, 0.2) is 48.5 Å². The van der Waals surface area contributed by atoms with Crippen molar-refractivity contribution >= 4 is 5.97 Å². The summed E-state index contributed by atoms with van der Waals surface area (Å²) >= 11 is 0. The van der Waals surface area contributed by atoms with Crippen LogP contribution < -0.4 is 4.74 Å². The highest BCUT2D eigenvalue weighted by Crippen LogP contribution is 2.27. The minimum atomic E-state index is -0.280. The monoisotopic (exact) mass is 392 g/mol. The number of aryl methyl sites for hydroxylation is 2. The Morgan fingerprint density at radius 1 is 0.828 bits per heavy atom. The number of esters is 1. The second-order valence-electron chi connectivity index (χ2n) is 8.58. The first-order chi connectivity index (χ1) is 14.2. The molecule has 0 saturated heterocycles. The molecule has 1 saturated carbocycles. The molecule has 2 nitrogen and oxygen atoms in total. The fourth-order valence-corrected chi connectivity index (χ4v) is 4.30. The molecule has 0 spiro atoms. The maximum absolute atomic E-state index is 12.4. The van der Waals surface area contributed by atoms with Crippen LogP contribution in [-0.4, -0.2) is 5.97 Å². The second kappa shape index (κ2) is 11.8. The number of carbonyl (C=O) groups is 1. The van der Waals surface area contributed by atoms with Crippen molar-refractivity contribution in [2.75, 3.05) is 0 Å². The third-order valence-electron chi connectivity index (χ3n) is 6.21. The number of rotatable bonds is 10. The summed E-state index contributed by atoms with van der Waals surface area (Å²) in [6.45, 7) is 2.23. The summed E-state index contributed by atoms with van der Waals surface area (Å²) in [5.74, 6) is 1.24. The number of ether oxygens (including phenoxy) is 1. The second-order valence-corrected chi connectivity index (χ2v) is 8.58. The van der Waals surface area contributed by atoms with E-state index in [0.717, 1.165) is 18.8 Å². The molecule has 0 heterocycles. The molecule has 2 aromatic rings. The lowest BCUT2D eigenvalue weighted by Gasteiger charge is -2.21. The van der Waals surface area contributed by atoms with Crippen LogP contribution in [0.2, 0.25) is 0 Å². The zero-order valence-corrected chi connectivity index (χ0v) is 18.0. The van der Waals surface area contributed by atoms with Crippen LogP contribution in [0.25, 0.3) is 0 Å². The van der Waals surface area contributed by atoms with E-state index in [-0.39, 0.29) is 5.97 Å². The van der Waals surface area contributed by atoms with Gasteiger partial charge in [0.15, 0.2) is 0 Å². The van der Waals surface area contributed by atoms with Crippen LogP contribution in [0.5, 0.6) is 5.75 Å². The zero-order valence-electron chi connectivity index (χ0n) is 18.0. The maximum Gasteiger partial charge on any atom is 0.343 e. The molecule has 1 aliphatic rings. The molecule has 1 aliphatic carbocycles. The molecule has 0 aromatic heterocycles. The van der Waals surface area contributed by atoms with Gasteiger partial charge < -0.3 is 4.74 Å². The molecule has 0 amide bonds. The standard InChI is InChI=1S/C27H36O2/c1-2-3-4-6-11-23-14-18-25(19-15-23)27(28)29-26-20-16-24(17-21-26)13-12-22-9-7-5-8-10-22/h14-22H,2-13H2,1H3. The van der Waals surface area contributed by atoms with E-state index in [2.05, 4.69) is 31.2 Å². The summed E-state index contributed by atoms with van der Waals surface area (Å²) in [5.41, 5.74) is 3.24. The van der Waals surface area contributed by atoms with E-state index in [4.69, 9.17) is 4.74 Å². The smallest absolute Gasteiger partial charge is 0.343 e. The Kier molecular flexibility index (Phi) is 8.80. The van der Waals surface area contributed by atoms with Crippen molar-refractivity contribution < 1.29 is 9.53 Å². The molecule has 0 unspecified atom stereocenters. The van der Waals surface area contributed by atoms with Gasteiger partial charge in [0.2, 0.25) is 0 Å². The van der Waals surface area contributed by atoms with E-state index in [1.54, 1.807) is 0 Å². The van der Waals surface area contributed by atoms with Crippen molar-refractivity contribution in [3.63, 3.8) is 0 Å². The molecule has 3 rings (SSSR count). The number of benzene rings is 2. The third-order valence-corrected chi connectivity index (χ3v) is 6.21.